The highest BCUT2D eigenvalue weighted by Gasteiger charge is 2.44. The van der Waals surface area contributed by atoms with Crippen LogP contribution in [0.15, 0.2) is 70.3 Å². The van der Waals surface area contributed by atoms with Crippen molar-refractivity contribution in [2.75, 3.05) is 6.54 Å². The third kappa shape index (κ3) is 3.89. The Bertz CT molecular complexity index is 1190. The highest BCUT2D eigenvalue weighted by Crippen LogP contribution is 2.40. The summed E-state index contributed by atoms with van der Waals surface area (Å²) in [6.07, 6.45) is 1.56. The first-order valence-electron chi connectivity index (χ1n) is 10.5. The molecular weight excluding hydrogens is 410 g/mol. The van der Waals surface area contributed by atoms with Crippen LogP contribution in [-0.4, -0.2) is 34.2 Å². The summed E-state index contributed by atoms with van der Waals surface area (Å²) in [6, 6.07) is 14.6. The predicted molar refractivity (Wildman–Crippen MR) is 117 cm³/mol. The van der Waals surface area contributed by atoms with Gasteiger partial charge >= 0.3 is 5.97 Å². The molecule has 1 aromatic heterocycles. The Hall–Kier alpha value is -3.87. The summed E-state index contributed by atoms with van der Waals surface area (Å²) in [7, 11) is 0. The molecule has 2 heterocycles. The van der Waals surface area contributed by atoms with Crippen LogP contribution in [-0.2, 0) is 9.59 Å². The van der Waals surface area contributed by atoms with E-state index in [2.05, 4.69) is 0 Å². The van der Waals surface area contributed by atoms with Gasteiger partial charge < -0.3 is 19.2 Å². The maximum absolute atomic E-state index is 13.4. The van der Waals surface area contributed by atoms with Crippen molar-refractivity contribution in [3.05, 3.63) is 77.3 Å². The number of carbonyl (C=O) groups is 3. The molecule has 0 aliphatic carbocycles. The van der Waals surface area contributed by atoms with Crippen molar-refractivity contribution in [2.45, 2.75) is 32.7 Å². The summed E-state index contributed by atoms with van der Waals surface area (Å²) in [4.78, 5) is 39.0. The van der Waals surface area contributed by atoms with E-state index in [4.69, 9.17) is 9.15 Å². The molecule has 2 aromatic carbocycles. The fourth-order valence-electron chi connectivity index (χ4n) is 3.90. The van der Waals surface area contributed by atoms with Crippen molar-refractivity contribution < 1.29 is 28.6 Å². The molecule has 0 saturated heterocycles. The molecule has 7 nitrogen and oxygen atoms in total. The second kappa shape index (κ2) is 8.70. The molecular formula is C25H23NO6. The van der Waals surface area contributed by atoms with Crippen molar-refractivity contribution in [2.24, 2.45) is 0 Å². The van der Waals surface area contributed by atoms with Gasteiger partial charge in [-0.15, -0.1) is 0 Å². The minimum absolute atomic E-state index is 0.0228. The number of unbranched alkanes of at least 4 members (excludes halogenated alkanes) is 1. The topological polar surface area (TPSA) is 97.1 Å². The quantitative estimate of drug-likeness (QED) is 0.328. The number of Topliss-reactive ketones (excluding diaryl/α,β-unsaturated/α-hetero) is 1. The number of aliphatic hydroxyl groups is 1. The fourth-order valence-corrected chi connectivity index (χ4v) is 3.90. The molecule has 0 radical (unpaired) electrons. The van der Waals surface area contributed by atoms with Gasteiger partial charge in [0.05, 0.1) is 11.6 Å². The van der Waals surface area contributed by atoms with E-state index < -0.39 is 29.5 Å². The van der Waals surface area contributed by atoms with Crippen LogP contribution in [0.3, 0.4) is 0 Å². The smallest absolute Gasteiger partial charge is 0.308 e. The lowest BCUT2D eigenvalue weighted by molar-refractivity contribution is -0.132. The Labute approximate surface area is 184 Å². The zero-order valence-electron chi connectivity index (χ0n) is 17.8. The molecule has 0 saturated carbocycles. The van der Waals surface area contributed by atoms with Crippen molar-refractivity contribution in [1.29, 1.82) is 0 Å². The SMILES string of the molecule is CCCCN1C(=O)C(O)=C(C(=O)c2cc3ccccc3o2)C1c1ccc(OC(C)=O)cc1. The number of aliphatic hydroxyl groups excluding tert-OH is 1. The highest BCUT2D eigenvalue weighted by atomic mass is 16.5. The van der Waals surface area contributed by atoms with E-state index in [1.807, 2.05) is 19.1 Å². The second-order valence-electron chi connectivity index (χ2n) is 7.66. The number of fused-ring (bicyclic) bond motifs is 1. The molecule has 1 N–H and O–H groups in total. The molecule has 1 aliphatic rings. The third-order valence-corrected chi connectivity index (χ3v) is 5.41. The van der Waals surface area contributed by atoms with Crippen LogP contribution < -0.4 is 4.74 Å². The molecule has 164 valence electrons. The Morgan fingerprint density at radius 3 is 2.50 bits per heavy atom. The number of esters is 1. The molecule has 1 amide bonds. The molecule has 0 bridgehead atoms. The van der Waals surface area contributed by atoms with E-state index in [0.29, 0.717) is 29.9 Å². The maximum atomic E-state index is 13.4. The summed E-state index contributed by atoms with van der Waals surface area (Å²) in [5.74, 6) is -1.74. The number of amides is 1. The zero-order chi connectivity index (χ0) is 22.8. The number of hydrogen-bond donors (Lipinski definition) is 1. The molecule has 4 rings (SSSR count). The number of ketones is 1. The van der Waals surface area contributed by atoms with Gasteiger partial charge in [0.25, 0.3) is 5.91 Å². The minimum Gasteiger partial charge on any atom is -0.503 e. The molecule has 3 aromatic rings. The van der Waals surface area contributed by atoms with Gasteiger partial charge in [-0.2, -0.15) is 0 Å². The number of furan rings is 1. The highest BCUT2D eigenvalue weighted by molar-refractivity contribution is 6.16. The van der Waals surface area contributed by atoms with E-state index >= 15 is 0 Å². The average molecular weight is 433 g/mol. The molecule has 1 unspecified atom stereocenters. The van der Waals surface area contributed by atoms with E-state index in [1.165, 1.54) is 11.8 Å². The van der Waals surface area contributed by atoms with Crippen LogP contribution in [0.25, 0.3) is 11.0 Å². The first kappa shape index (κ1) is 21.4. The summed E-state index contributed by atoms with van der Waals surface area (Å²) >= 11 is 0. The zero-order valence-corrected chi connectivity index (χ0v) is 17.8. The number of benzene rings is 2. The van der Waals surface area contributed by atoms with Crippen LogP contribution in [0.5, 0.6) is 5.75 Å². The molecule has 1 aliphatic heterocycles. The van der Waals surface area contributed by atoms with Crippen molar-refractivity contribution in [3.63, 3.8) is 0 Å². The van der Waals surface area contributed by atoms with Gasteiger partial charge in [-0.3, -0.25) is 14.4 Å². The fraction of sp³-hybridized carbons (Fsp3) is 0.240. The lowest BCUT2D eigenvalue weighted by atomic mass is 9.95. The van der Waals surface area contributed by atoms with Crippen LogP contribution in [0, 0.1) is 0 Å². The first-order chi connectivity index (χ1) is 15.4. The standard InChI is InChI=1S/C25H23NO6/c1-3-4-13-26-22(16-9-11-18(12-10-16)31-15(2)27)21(24(29)25(26)30)23(28)20-14-17-7-5-6-8-19(17)32-20/h5-12,14,22,29H,3-4,13H2,1-2H3. The number of ether oxygens (including phenoxy) is 1. The van der Waals surface area contributed by atoms with Gasteiger partial charge in [-0.1, -0.05) is 43.7 Å². The van der Waals surface area contributed by atoms with E-state index in [0.717, 1.165) is 11.8 Å². The van der Waals surface area contributed by atoms with Crippen LogP contribution in [0.4, 0.5) is 0 Å². The Morgan fingerprint density at radius 2 is 1.84 bits per heavy atom. The molecule has 32 heavy (non-hydrogen) atoms. The number of para-hydroxylation sites is 1. The number of rotatable bonds is 7. The summed E-state index contributed by atoms with van der Waals surface area (Å²) in [6.45, 7) is 3.69. The molecule has 0 spiro atoms. The summed E-state index contributed by atoms with van der Waals surface area (Å²) in [5, 5.41) is 11.5. The second-order valence-corrected chi connectivity index (χ2v) is 7.66. The average Bonchev–Trinajstić information content (AvgIpc) is 3.32. The minimum atomic E-state index is -0.777. The van der Waals surface area contributed by atoms with Crippen LogP contribution in [0.2, 0.25) is 0 Å². The van der Waals surface area contributed by atoms with Crippen LogP contribution >= 0.6 is 0 Å². The van der Waals surface area contributed by atoms with Gasteiger partial charge in [0.2, 0.25) is 5.78 Å². The van der Waals surface area contributed by atoms with Gasteiger partial charge in [0, 0.05) is 18.9 Å². The van der Waals surface area contributed by atoms with Crippen molar-refractivity contribution in [1.82, 2.24) is 4.90 Å². The number of carbonyl (C=O) groups excluding carboxylic acids is 3. The molecule has 1 atom stereocenters. The Kier molecular flexibility index (Phi) is 5.81. The Morgan fingerprint density at radius 1 is 1.12 bits per heavy atom. The molecule has 0 fully saturated rings. The first-order valence-corrected chi connectivity index (χ1v) is 10.5. The Balaban J connectivity index is 1.75. The lowest BCUT2D eigenvalue weighted by Gasteiger charge is -2.26. The van der Waals surface area contributed by atoms with Gasteiger partial charge in [-0.05, 0) is 36.2 Å². The third-order valence-electron chi connectivity index (χ3n) is 5.41. The number of hydrogen-bond acceptors (Lipinski definition) is 6. The lowest BCUT2D eigenvalue weighted by Crippen LogP contribution is -2.32. The summed E-state index contributed by atoms with van der Waals surface area (Å²) in [5.41, 5.74) is 1.14. The van der Waals surface area contributed by atoms with Crippen LogP contribution in [0.1, 0.15) is 48.8 Å². The van der Waals surface area contributed by atoms with E-state index in [-0.39, 0.29) is 11.3 Å². The van der Waals surface area contributed by atoms with Gasteiger partial charge in [0.1, 0.15) is 11.3 Å². The normalized spacial score (nSPS) is 16.1. The van der Waals surface area contributed by atoms with E-state index in [9.17, 15) is 19.5 Å². The van der Waals surface area contributed by atoms with Crippen molar-refractivity contribution >= 4 is 28.6 Å². The maximum Gasteiger partial charge on any atom is 0.308 e. The van der Waals surface area contributed by atoms with Gasteiger partial charge in [-0.25, -0.2) is 0 Å². The monoisotopic (exact) mass is 433 g/mol. The molecule has 7 heteroatoms. The number of nitrogens with zero attached hydrogens (tertiary/aromatic N) is 1. The van der Waals surface area contributed by atoms with Gasteiger partial charge in [0.15, 0.2) is 11.5 Å². The largest absolute Gasteiger partial charge is 0.503 e. The van der Waals surface area contributed by atoms with Crippen molar-refractivity contribution in [3.8, 4) is 5.75 Å². The predicted octanol–water partition coefficient (Wildman–Crippen LogP) is 4.74. The van der Waals surface area contributed by atoms with E-state index in [1.54, 1.807) is 42.5 Å². The summed E-state index contributed by atoms with van der Waals surface area (Å²) < 4.78 is 10.8.